The summed E-state index contributed by atoms with van der Waals surface area (Å²) in [7, 11) is -12.4. The van der Waals surface area contributed by atoms with Crippen LogP contribution in [0.2, 0.25) is 0 Å². The number of nitrogens with two attached hydrogens (primary N) is 2. The van der Waals surface area contributed by atoms with Crippen LogP contribution in [0.4, 0.5) is 34.1 Å². The van der Waals surface area contributed by atoms with E-state index >= 15 is 0 Å². The molecule has 0 amide bonds. The number of benzene rings is 6. The molecule has 25 heteroatoms. The maximum Gasteiger partial charge on any atom is 1.00 e. The minimum atomic E-state index is -5.13. The molecule has 0 spiro atoms. The van der Waals surface area contributed by atoms with Crippen LogP contribution in [-0.2, 0) is 30.4 Å². The fourth-order valence-corrected chi connectivity index (χ4v) is 7.85. The van der Waals surface area contributed by atoms with Crippen molar-refractivity contribution in [3.63, 3.8) is 0 Å². The minimum Gasteiger partial charge on any atom is -0.870 e. The molecule has 0 radical (unpaired) electrons. The predicted octanol–water partition coefficient (Wildman–Crippen LogP) is -3.77. The molecule has 0 fully saturated rings. The standard InChI is InChI=1S/C34H28N6O13S3.3Na/c1-52-25-13-16(3-8-21(25)37-39-23-10-5-18-27(54(43,44)45)12-7-20(35)30(18)33(23)41)17-4-9-22(26(14-17)53-2)38-40-24-11-6-19-28(55(46,47)48)15-29(56(49,50)51)32(36)31(19)34(24)42;;;/h3-15,41-42H,35-36H2,1-2H3,(H,43,44,45)(H,46,47,48)(H,49,50,51);;;/q;3*+1/p-3. The van der Waals surface area contributed by atoms with E-state index in [1.807, 2.05) is 0 Å². The van der Waals surface area contributed by atoms with E-state index in [9.17, 15) is 49.1 Å². The van der Waals surface area contributed by atoms with Crippen molar-refractivity contribution < 1.29 is 147 Å². The van der Waals surface area contributed by atoms with Crippen LogP contribution in [0, 0.1) is 0 Å². The van der Waals surface area contributed by atoms with Crippen molar-refractivity contribution in [2.45, 2.75) is 14.7 Å². The number of nitrogens with zero attached hydrogens (tertiary/aromatic N) is 4. The molecule has 0 atom stereocenters. The van der Waals surface area contributed by atoms with Crippen LogP contribution in [0.1, 0.15) is 0 Å². The Labute approximate surface area is 402 Å². The summed E-state index contributed by atoms with van der Waals surface area (Å²) in [6.07, 6.45) is 0. The van der Waals surface area contributed by atoms with Gasteiger partial charge >= 0.3 is 88.7 Å². The molecular formula is C34H25N6Na3O13S3. The number of anilines is 2. The van der Waals surface area contributed by atoms with Gasteiger partial charge in [0.25, 0.3) is 20.2 Å². The molecule has 0 unspecified atom stereocenters. The predicted molar refractivity (Wildman–Crippen MR) is 197 cm³/mol. The first kappa shape index (κ1) is 49.9. The molecule has 0 saturated heterocycles. The van der Waals surface area contributed by atoms with Crippen molar-refractivity contribution in [1.29, 1.82) is 0 Å². The Morgan fingerprint density at radius 3 is 1.37 bits per heavy atom. The smallest absolute Gasteiger partial charge is 0.870 e. The Hall–Kier alpha value is -3.43. The van der Waals surface area contributed by atoms with E-state index in [1.165, 1.54) is 32.4 Å². The zero-order valence-electron chi connectivity index (χ0n) is 31.6. The van der Waals surface area contributed by atoms with Gasteiger partial charge in [0.15, 0.2) is 0 Å². The van der Waals surface area contributed by atoms with Gasteiger partial charge in [0.05, 0.1) is 36.2 Å². The number of hydrogen-bond donors (Lipinski definition) is 4. The van der Waals surface area contributed by atoms with Crippen molar-refractivity contribution in [3.8, 4) is 34.1 Å². The van der Waals surface area contributed by atoms with Gasteiger partial charge in [-0.3, -0.25) is 9.11 Å². The van der Waals surface area contributed by atoms with Crippen molar-refractivity contribution in [1.82, 2.24) is 0 Å². The Balaban J connectivity index is 0.00000310. The number of methoxy groups -OCH3 is 2. The molecule has 0 aliphatic carbocycles. The summed E-state index contributed by atoms with van der Waals surface area (Å²) in [5.74, 6) is -1.40. The average Bonchev–Trinajstić information content (AvgIpc) is 3.12. The average molecular weight is 891 g/mol. The van der Waals surface area contributed by atoms with E-state index in [0.717, 1.165) is 24.3 Å². The van der Waals surface area contributed by atoms with Crippen LogP contribution in [0.5, 0.6) is 23.0 Å². The van der Waals surface area contributed by atoms with Crippen LogP contribution >= 0.6 is 0 Å². The van der Waals surface area contributed by atoms with E-state index in [2.05, 4.69) is 20.5 Å². The summed E-state index contributed by atoms with van der Waals surface area (Å²) in [6, 6.07) is 16.7. The maximum absolute atomic E-state index is 13.4. The fraction of sp³-hybridized carbons (Fsp3) is 0.0588. The number of fused-ring (bicyclic) bond motifs is 2. The van der Waals surface area contributed by atoms with E-state index in [1.54, 1.807) is 30.3 Å². The largest absolute Gasteiger partial charge is 1.00 e. The zero-order chi connectivity index (χ0) is 40.9. The molecular weight excluding hydrogens is 866 g/mol. The molecule has 0 aromatic heterocycles. The van der Waals surface area contributed by atoms with Crippen LogP contribution in [0.25, 0.3) is 32.7 Å². The molecule has 0 heterocycles. The van der Waals surface area contributed by atoms with Gasteiger partial charge in [-0.2, -0.15) is 27.1 Å². The van der Waals surface area contributed by atoms with Crippen LogP contribution < -0.4 is 120 Å². The Morgan fingerprint density at radius 2 is 0.949 bits per heavy atom. The third-order valence-corrected chi connectivity index (χ3v) is 11.0. The van der Waals surface area contributed by atoms with Gasteiger partial charge in [0, 0.05) is 27.2 Å². The maximum atomic E-state index is 13.4. The first-order chi connectivity index (χ1) is 26.2. The molecule has 0 bridgehead atoms. The second kappa shape index (κ2) is 19.1. The van der Waals surface area contributed by atoms with Crippen molar-refractivity contribution in [2.24, 2.45) is 20.5 Å². The van der Waals surface area contributed by atoms with Crippen LogP contribution in [0.15, 0.2) is 114 Å². The van der Waals surface area contributed by atoms with E-state index < -0.39 is 78.7 Å². The first-order valence-corrected chi connectivity index (χ1v) is 19.7. The summed E-state index contributed by atoms with van der Waals surface area (Å²) >= 11 is 0. The second-order valence-corrected chi connectivity index (χ2v) is 15.8. The van der Waals surface area contributed by atoms with Crippen molar-refractivity contribution in [2.75, 3.05) is 25.7 Å². The molecule has 0 saturated carbocycles. The summed E-state index contributed by atoms with van der Waals surface area (Å²) in [4.78, 5) is -2.69. The number of ether oxygens (including phenoxy) is 2. The van der Waals surface area contributed by atoms with Gasteiger partial charge in [0.1, 0.15) is 42.8 Å². The number of azo groups is 2. The first-order valence-electron chi connectivity index (χ1n) is 15.4. The topological polar surface area (TPSA) is 332 Å². The summed E-state index contributed by atoms with van der Waals surface area (Å²) in [5.41, 5.74) is 11.9. The SMILES string of the molecule is COc1cc(-c2ccc(N=Nc3ccc4c(S(=O)(=O)O)cc(S(=O)(=O)O)c(N)c4c3[O-])c(OC)c2)ccc1N=Nc1ccc2c(S(=O)(=O)[O-])ccc(N)c2c1[O-].[Na+].[Na+].[Na+]. The van der Waals surface area contributed by atoms with Gasteiger partial charge in [-0.05, 0) is 65.7 Å². The molecule has 6 N–H and O–H groups in total. The molecule has 6 rings (SSSR count). The van der Waals surface area contributed by atoms with Gasteiger partial charge in [0.2, 0.25) is 0 Å². The van der Waals surface area contributed by atoms with Crippen LogP contribution in [0.3, 0.4) is 0 Å². The summed E-state index contributed by atoms with van der Waals surface area (Å²) < 4.78 is 113. The fourth-order valence-electron chi connectivity index (χ4n) is 5.74. The molecule has 290 valence electrons. The quantitative estimate of drug-likeness (QED) is 0.0444. The second-order valence-electron chi connectivity index (χ2n) is 11.7. The summed E-state index contributed by atoms with van der Waals surface area (Å²) in [5, 5.41) is 41.3. The van der Waals surface area contributed by atoms with E-state index in [-0.39, 0.29) is 134 Å². The molecule has 0 aliphatic heterocycles. The van der Waals surface area contributed by atoms with Gasteiger partial charge in [-0.25, -0.2) is 8.42 Å². The molecule has 6 aromatic carbocycles. The Bertz CT molecular complexity index is 3050. The Kier molecular flexibility index (Phi) is 16.2. The van der Waals surface area contributed by atoms with Crippen molar-refractivity contribution >= 4 is 86.0 Å². The minimum absolute atomic E-state index is 0. The Morgan fingerprint density at radius 1 is 0.542 bits per heavy atom. The molecule has 19 nitrogen and oxygen atoms in total. The van der Waals surface area contributed by atoms with Crippen LogP contribution in [-0.4, -0.2) is 53.1 Å². The monoisotopic (exact) mass is 890 g/mol. The zero-order valence-corrected chi connectivity index (χ0v) is 40.0. The third-order valence-electron chi connectivity index (χ3n) is 8.35. The molecule has 59 heavy (non-hydrogen) atoms. The third kappa shape index (κ3) is 10.2. The van der Waals surface area contributed by atoms with Gasteiger partial charge in [-0.15, -0.1) is 10.2 Å². The number of nitrogen functional groups attached to an aromatic ring is 2. The summed E-state index contributed by atoms with van der Waals surface area (Å²) in [6.45, 7) is 0. The normalized spacial score (nSPS) is 11.9. The molecule has 6 aromatic rings. The number of rotatable bonds is 10. The van der Waals surface area contributed by atoms with E-state index in [0.29, 0.717) is 17.2 Å². The van der Waals surface area contributed by atoms with Gasteiger partial charge in [-0.1, -0.05) is 35.8 Å². The molecule has 0 aliphatic rings. The number of hydrogen-bond acceptors (Lipinski definition) is 17. The van der Waals surface area contributed by atoms with Gasteiger partial charge < -0.3 is 35.7 Å². The van der Waals surface area contributed by atoms with Crippen molar-refractivity contribution in [3.05, 3.63) is 78.9 Å². The van der Waals surface area contributed by atoms with E-state index in [4.69, 9.17) is 20.9 Å².